The number of carbonyl (C=O) groups is 1. The van der Waals surface area contributed by atoms with E-state index in [1.54, 1.807) is 12.3 Å². The first-order valence-corrected chi connectivity index (χ1v) is 5.98. The molecule has 0 saturated carbocycles. The second-order valence-electron chi connectivity index (χ2n) is 3.55. The second kappa shape index (κ2) is 5.44. The Labute approximate surface area is 101 Å². The number of halogens is 3. The molecule has 0 amide bonds. The van der Waals surface area contributed by atoms with Gasteiger partial charge in [-0.2, -0.15) is 13.2 Å². The number of aliphatic carboxylic acids is 1. The van der Waals surface area contributed by atoms with Gasteiger partial charge in [-0.05, 0) is 29.5 Å². The van der Waals surface area contributed by atoms with E-state index in [0.29, 0.717) is 10.5 Å². The lowest BCUT2D eigenvalue weighted by Crippen LogP contribution is -2.12. The predicted molar refractivity (Wildman–Crippen MR) is 59.3 cm³/mol. The van der Waals surface area contributed by atoms with Crippen molar-refractivity contribution in [1.82, 2.24) is 0 Å². The summed E-state index contributed by atoms with van der Waals surface area (Å²) in [7, 11) is 0. The highest BCUT2D eigenvalue weighted by molar-refractivity contribution is 7.98. The zero-order chi connectivity index (χ0) is 13.1. The fourth-order valence-corrected chi connectivity index (χ4v) is 2.00. The van der Waals surface area contributed by atoms with Crippen LogP contribution in [0.1, 0.15) is 11.1 Å². The minimum atomic E-state index is -4.28. The predicted octanol–water partition coefficient (Wildman–Crippen LogP) is 3.14. The van der Waals surface area contributed by atoms with Gasteiger partial charge in [0.05, 0.1) is 12.8 Å². The van der Waals surface area contributed by atoms with Gasteiger partial charge < -0.3 is 5.11 Å². The lowest BCUT2D eigenvalue weighted by molar-refractivity contribution is -0.136. The molecule has 2 nitrogen and oxygen atoms in total. The van der Waals surface area contributed by atoms with E-state index in [2.05, 4.69) is 0 Å². The summed E-state index contributed by atoms with van der Waals surface area (Å²) in [6.07, 6.45) is -3.85. The molecule has 0 fully saturated rings. The van der Waals surface area contributed by atoms with Gasteiger partial charge in [0.1, 0.15) is 0 Å². The third-order valence-electron chi connectivity index (χ3n) is 2.02. The van der Waals surface area contributed by atoms with Gasteiger partial charge >= 0.3 is 12.1 Å². The fraction of sp³-hybridized carbons (Fsp3) is 0.364. The summed E-state index contributed by atoms with van der Waals surface area (Å²) >= 11 is 1.29. The van der Waals surface area contributed by atoms with E-state index in [1.165, 1.54) is 23.9 Å². The number of alkyl halides is 3. The van der Waals surface area contributed by atoms with Crippen LogP contribution in [0.25, 0.3) is 0 Å². The summed E-state index contributed by atoms with van der Waals surface area (Å²) < 4.78 is 36.7. The maximum atomic E-state index is 12.2. The van der Waals surface area contributed by atoms with Crippen LogP contribution in [0.3, 0.4) is 0 Å². The average Bonchev–Trinajstić information content (AvgIpc) is 2.13. The number of hydrogen-bond acceptors (Lipinski definition) is 2. The molecule has 0 aliphatic heterocycles. The summed E-state index contributed by atoms with van der Waals surface area (Å²) in [5.41, 5.74) is 0.490. The molecule has 0 aliphatic carbocycles. The smallest absolute Gasteiger partial charge is 0.393 e. The van der Waals surface area contributed by atoms with Crippen molar-refractivity contribution >= 4 is 17.7 Å². The number of rotatable bonds is 4. The highest BCUT2D eigenvalue weighted by atomic mass is 32.2. The van der Waals surface area contributed by atoms with Crippen molar-refractivity contribution in [3.8, 4) is 0 Å². The summed E-state index contributed by atoms with van der Waals surface area (Å²) in [5, 5.41) is 8.62. The Kier molecular flexibility index (Phi) is 4.45. The van der Waals surface area contributed by atoms with Gasteiger partial charge in [0, 0.05) is 4.90 Å². The molecule has 17 heavy (non-hydrogen) atoms. The lowest BCUT2D eigenvalue weighted by Gasteiger charge is -2.09. The highest BCUT2D eigenvalue weighted by Gasteiger charge is 2.27. The topological polar surface area (TPSA) is 37.3 Å². The van der Waals surface area contributed by atoms with Gasteiger partial charge in [-0.25, -0.2) is 0 Å². The van der Waals surface area contributed by atoms with Gasteiger partial charge in [0.25, 0.3) is 0 Å². The molecule has 0 aromatic heterocycles. The molecular formula is C11H11F3O2S. The molecule has 0 heterocycles. The molecular weight excluding hydrogens is 253 g/mol. The third kappa shape index (κ3) is 5.12. The average molecular weight is 264 g/mol. The van der Waals surface area contributed by atoms with Crippen molar-refractivity contribution in [1.29, 1.82) is 0 Å². The van der Waals surface area contributed by atoms with Crippen LogP contribution in [-0.4, -0.2) is 23.5 Å². The lowest BCUT2D eigenvalue weighted by atomic mass is 10.1. The molecule has 0 bridgehead atoms. The summed E-state index contributed by atoms with van der Waals surface area (Å²) in [4.78, 5) is 11.2. The van der Waals surface area contributed by atoms with Crippen LogP contribution in [0.2, 0.25) is 0 Å². The molecule has 94 valence electrons. The van der Waals surface area contributed by atoms with Crippen LogP contribution in [0.15, 0.2) is 23.1 Å². The third-order valence-corrected chi connectivity index (χ3v) is 2.73. The van der Waals surface area contributed by atoms with E-state index in [-0.39, 0.29) is 12.0 Å². The fourth-order valence-electron chi connectivity index (χ4n) is 1.46. The highest BCUT2D eigenvalue weighted by Crippen LogP contribution is 2.25. The van der Waals surface area contributed by atoms with Gasteiger partial charge in [-0.3, -0.25) is 4.79 Å². The Morgan fingerprint density at radius 2 is 1.88 bits per heavy atom. The molecule has 6 heteroatoms. The first kappa shape index (κ1) is 13.9. The van der Waals surface area contributed by atoms with Gasteiger partial charge in [-0.1, -0.05) is 6.07 Å². The van der Waals surface area contributed by atoms with Crippen LogP contribution in [0, 0.1) is 0 Å². The van der Waals surface area contributed by atoms with Crippen LogP contribution in [-0.2, 0) is 17.6 Å². The zero-order valence-electron chi connectivity index (χ0n) is 9.04. The molecule has 0 unspecified atom stereocenters. The van der Waals surface area contributed by atoms with Crippen LogP contribution >= 0.6 is 11.8 Å². The van der Waals surface area contributed by atoms with Crippen molar-refractivity contribution in [2.75, 3.05) is 6.26 Å². The van der Waals surface area contributed by atoms with Crippen molar-refractivity contribution in [2.24, 2.45) is 0 Å². The minimum absolute atomic E-state index is 0.0978. The Bertz CT molecular complexity index is 416. The number of carboxylic acids is 1. The Balaban J connectivity index is 3.00. The first-order valence-electron chi connectivity index (χ1n) is 4.75. The maximum Gasteiger partial charge on any atom is 0.393 e. The van der Waals surface area contributed by atoms with Crippen LogP contribution < -0.4 is 0 Å². The number of carboxylic acid groups (broad SMARTS) is 1. The van der Waals surface area contributed by atoms with Crippen LogP contribution in [0.4, 0.5) is 13.2 Å². The molecule has 0 atom stereocenters. The Morgan fingerprint density at radius 3 is 2.35 bits per heavy atom. The summed E-state index contributed by atoms with van der Waals surface area (Å²) in [5.74, 6) is -1.05. The second-order valence-corrected chi connectivity index (χ2v) is 4.43. The van der Waals surface area contributed by atoms with Crippen molar-refractivity contribution in [3.63, 3.8) is 0 Å². The minimum Gasteiger partial charge on any atom is -0.481 e. The zero-order valence-corrected chi connectivity index (χ0v) is 9.86. The normalized spacial score (nSPS) is 11.5. The Morgan fingerprint density at radius 1 is 1.29 bits per heavy atom. The quantitative estimate of drug-likeness (QED) is 0.849. The van der Waals surface area contributed by atoms with E-state index in [0.717, 1.165) is 0 Å². The van der Waals surface area contributed by atoms with Crippen molar-refractivity contribution < 1.29 is 23.1 Å². The van der Waals surface area contributed by atoms with Crippen LogP contribution in [0.5, 0.6) is 0 Å². The van der Waals surface area contributed by atoms with Gasteiger partial charge in [0.15, 0.2) is 0 Å². The summed E-state index contributed by atoms with van der Waals surface area (Å²) in [6.45, 7) is 0. The molecule has 1 N–H and O–H groups in total. The van der Waals surface area contributed by atoms with Crippen molar-refractivity contribution in [3.05, 3.63) is 29.3 Å². The SMILES string of the molecule is CSc1cc(CC(=O)O)cc(CC(F)(F)F)c1. The van der Waals surface area contributed by atoms with E-state index in [4.69, 9.17) is 5.11 Å². The molecule has 1 rings (SSSR count). The van der Waals surface area contributed by atoms with Gasteiger partial charge in [0.2, 0.25) is 0 Å². The largest absolute Gasteiger partial charge is 0.481 e. The molecule has 0 saturated heterocycles. The van der Waals surface area contributed by atoms with Gasteiger partial charge in [-0.15, -0.1) is 11.8 Å². The van der Waals surface area contributed by atoms with E-state index in [9.17, 15) is 18.0 Å². The molecule has 0 aliphatic rings. The van der Waals surface area contributed by atoms with E-state index >= 15 is 0 Å². The molecule has 1 aromatic rings. The van der Waals surface area contributed by atoms with E-state index in [1.807, 2.05) is 0 Å². The monoisotopic (exact) mass is 264 g/mol. The number of hydrogen-bond donors (Lipinski definition) is 1. The van der Waals surface area contributed by atoms with Crippen molar-refractivity contribution in [2.45, 2.75) is 23.9 Å². The van der Waals surface area contributed by atoms with E-state index < -0.39 is 18.6 Å². The number of benzene rings is 1. The molecule has 1 aromatic carbocycles. The standard InChI is InChI=1S/C11H11F3O2S/c1-17-9-3-7(5-10(15)16)2-8(4-9)6-11(12,13)14/h2-4H,5-6H2,1H3,(H,15,16). The first-order chi connectivity index (χ1) is 7.80. The summed E-state index contributed by atoms with van der Waals surface area (Å²) in [6, 6.07) is 4.32. The Hall–Kier alpha value is -1.17. The molecule has 0 spiro atoms. The maximum absolute atomic E-state index is 12.2. The number of thioether (sulfide) groups is 1. The molecule has 0 radical (unpaired) electrons.